The van der Waals surface area contributed by atoms with Crippen LogP contribution in [0.25, 0.3) is 0 Å². The van der Waals surface area contributed by atoms with Gasteiger partial charge in [-0.15, -0.1) is 0 Å². The fourth-order valence-electron chi connectivity index (χ4n) is 2.63. The number of methoxy groups -OCH3 is 1. The van der Waals surface area contributed by atoms with Crippen LogP contribution >= 0.6 is 0 Å². The molecule has 1 fully saturated rings. The van der Waals surface area contributed by atoms with Crippen molar-refractivity contribution in [1.82, 2.24) is 0 Å². The van der Waals surface area contributed by atoms with Gasteiger partial charge >= 0.3 is 0 Å². The number of aliphatic hydroxyl groups excluding tert-OH is 1. The lowest BCUT2D eigenvalue weighted by Crippen LogP contribution is -2.35. The van der Waals surface area contributed by atoms with Gasteiger partial charge in [0.2, 0.25) is 0 Å². The minimum Gasteiger partial charge on any atom is -0.497 e. The molecular weight excluding hydrogens is 266 g/mol. The van der Waals surface area contributed by atoms with Gasteiger partial charge in [0.15, 0.2) is 9.84 Å². The Bertz CT molecular complexity index is 555. The van der Waals surface area contributed by atoms with Crippen molar-refractivity contribution in [2.75, 3.05) is 19.5 Å². The highest BCUT2D eigenvalue weighted by atomic mass is 32.2. The van der Waals surface area contributed by atoms with Gasteiger partial charge in [0.25, 0.3) is 0 Å². The van der Waals surface area contributed by atoms with E-state index in [1.54, 1.807) is 38.3 Å². The monoisotopic (exact) mass is 285 g/mol. The van der Waals surface area contributed by atoms with E-state index in [2.05, 4.69) is 0 Å². The maximum Gasteiger partial charge on any atom is 0.155 e. The number of nitrogens with two attached hydrogens (primary N) is 1. The fraction of sp³-hybridized carbons (Fsp3) is 0.538. The zero-order valence-corrected chi connectivity index (χ0v) is 11.9. The molecule has 106 valence electrons. The number of sulfone groups is 1. The van der Waals surface area contributed by atoms with Crippen LogP contribution in [-0.2, 0) is 9.84 Å². The van der Waals surface area contributed by atoms with Crippen LogP contribution in [0.5, 0.6) is 5.75 Å². The van der Waals surface area contributed by atoms with Crippen LogP contribution in [-0.4, -0.2) is 43.8 Å². The molecule has 0 radical (unpaired) electrons. The second kappa shape index (κ2) is 4.77. The molecule has 0 aromatic heterocycles. The minimum atomic E-state index is -3.27. The quantitative estimate of drug-likeness (QED) is 0.811. The summed E-state index contributed by atoms with van der Waals surface area (Å²) in [5, 5.41) is 8.71. The summed E-state index contributed by atoms with van der Waals surface area (Å²) in [5.74, 6) is 0.378. The molecule has 0 saturated heterocycles. The van der Waals surface area contributed by atoms with E-state index in [0.29, 0.717) is 5.75 Å². The lowest BCUT2D eigenvalue weighted by atomic mass is 10.1. The van der Waals surface area contributed by atoms with Gasteiger partial charge in [-0.2, -0.15) is 0 Å². The Hall–Kier alpha value is -1.11. The third-order valence-electron chi connectivity index (χ3n) is 3.84. The van der Waals surface area contributed by atoms with E-state index in [0.717, 1.165) is 5.56 Å². The van der Waals surface area contributed by atoms with Gasteiger partial charge in [-0.3, -0.25) is 0 Å². The van der Waals surface area contributed by atoms with Crippen molar-refractivity contribution in [3.63, 3.8) is 0 Å². The Morgan fingerprint density at radius 3 is 2.37 bits per heavy atom. The van der Waals surface area contributed by atoms with E-state index in [1.165, 1.54) is 0 Å². The first kappa shape index (κ1) is 14.3. The smallest absolute Gasteiger partial charge is 0.155 e. The van der Waals surface area contributed by atoms with Crippen LogP contribution in [0.2, 0.25) is 0 Å². The zero-order valence-electron chi connectivity index (χ0n) is 11.0. The average Bonchev–Trinajstić information content (AvgIpc) is 3.07. The van der Waals surface area contributed by atoms with Crippen LogP contribution in [0, 0.1) is 0 Å². The molecule has 3 atom stereocenters. The van der Waals surface area contributed by atoms with E-state index < -0.39 is 20.6 Å². The Labute approximate surface area is 113 Å². The summed E-state index contributed by atoms with van der Waals surface area (Å²) in [6.45, 7) is 1.25. The van der Waals surface area contributed by atoms with E-state index in [9.17, 15) is 13.5 Å². The van der Waals surface area contributed by atoms with Crippen molar-refractivity contribution in [2.45, 2.75) is 23.6 Å². The van der Waals surface area contributed by atoms with Crippen molar-refractivity contribution in [2.24, 2.45) is 5.73 Å². The zero-order chi connectivity index (χ0) is 14.3. The first-order valence-corrected chi connectivity index (χ1v) is 7.87. The van der Waals surface area contributed by atoms with E-state index in [-0.39, 0.29) is 18.3 Å². The van der Waals surface area contributed by atoms with Gasteiger partial charge in [0.05, 0.1) is 24.5 Å². The lowest BCUT2D eigenvalue weighted by molar-refractivity contribution is 0.253. The van der Waals surface area contributed by atoms with Gasteiger partial charge in [-0.05, 0) is 17.7 Å². The molecule has 1 saturated carbocycles. The van der Waals surface area contributed by atoms with E-state index >= 15 is 0 Å². The maximum absolute atomic E-state index is 12.0. The molecular formula is C13H19NO4S. The molecule has 0 unspecified atom stereocenters. The van der Waals surface area contributed by atoms with Gasteiger partial charge in [0, 0.05) is 11.7 Å². The highest BCUT2D eigenvalue weighted by molar-refractivity contribution is 7.92. The van der Waals surface area contributed by atoms with Crippen LogP contribution in [0.3, 0.4) is 0 Å². The Morgan fingerprint density at radius 1 is 1.37 bits per heavy atom. The molecule has 1 aromatic carbocycles. The van der Waals surface area contributed by atoms with Crippen molar-refractivity contribution in [1.29, 1.82) is 0 Å². The molecule has 1 aliphatic carbocycles. The van der Waals surface area contributed by atoms with Crippen LogP contribution < -0.4 is 10.5 Å². The lowest BCUT2D eigenvalue weighted by Gasteiger charge is -2.07. The summed E-state index contributed by atoms with van der Waals surface area (Å²) in [7, 11) is -1.71. The molecule has 2 rings (SSSR count). The highest BCUT2D eigenvalue weighted by Crippen LogP contribution is 2.54. The van der Waals surface area contributed by atoms with Gasteiger partial charge in [-0.1, -0.05) is 19.1 Å². The minimum absolute atomic E-state index is 0.0310. The molecule has 0 amide bonds. The molecule has 1 aliphatic rings. The summed E-state index contributed by atoms with van der Waals surface area (Å²) >= 11 is 0. The molecule has 3 N–H and O–H groups in total. The van der Waals surface area contributed by atoms with Crippen molar-refractivity contribution in [3.05, 3.63) is 29.8 Å². The van der Waals surface area contributed by atoms with Crippen molar-refractivity contribution < 1.29 is 18.3 Å². The Kier molecular flexibility index (Phi) is 3.59. The standard InChI is InChI=1S/C13H19NO4S/c1-3-19(16,17)12-11(13(12,14)8-15)9-4-6-10(18-2)7-5-9/h4-7,11-12,15H,3,8,14H2,1-2H3/t11-,12+,13-/m0/s1. The van der Waals surface area contributed by atoms with Crippen LogP contribution in [0.15, 0.2) is 24.3 Å². The predicted octanol–water partition coefficient (Wildman–Crippen LogP) is 0.286. The predicted molar refractivity (Wildman–Crippen MR) is 73.0 cm³/mol. The molecule has 6 heteroatoms. The third-order valence-corrected chi connectivity index (χ3v) is 6.13. The molecule has 0 bridgehead atoms. The highest BCUT2D eigenvalue weighted by Gasteiger charge is 2.68. The molecule has 0 spiro atoms. The second-order valence-corrected chi connectivity index (χ2v) is 7.30. The molecule has 0 aliphatic heterocycles. The van der Waals surface area contributed by atoms with Gasteiger partial charge in [0.1, 0.15) is 5.75 Å². The van der Waals surface area contributed by atoms with Crippen LogP contribution in [0.4, 0.5) is 0 Å². The normalized spacial score (nSPS) is 30.1. The second-order valence-electron chi connectivity index (χ2n) is 4.89. The summed E-state index contributed by atoms with van der Waals surface area (Å²) in [4.78, 5) is 0. The SMILES string of the molecule is CCS(=O)(=O)[C@@H]1[C@H](c2ccc(OC)cc2)[C@@]1(N)CO. The fourth-order valence-corrected chi connectivity index (χ4v) is 4.62. The maximum atomic E-state index is 12.0. The van der Waals surface area contributed by atoms with Crippen molar-refractivity contribution in [3.8, 4) is 5.75 Å². The van der Waals surface area contributed by atoms with Gasteiger partial charge in [-0.25, -0.2) is 8.42 Å². The number of aliphatic hydroxyl groups is 1. The topological polar surface area (TPSA) is 89.6 Å². The third kappa shape index (κ3) is 2.24. The molecule has 0 heterocycles. The number of hydrogen-bond donors (Lipinski definition) is 2. The van der Waals surface area contributed by atoms with E-state index in [4.69, 9.17) is 10.5 Å². The van der Waals surface area contributed by atoms with Crippen LogP contribution in [0.1, 0.15) is 18.4 Å². The number of benzene rings is 1. The summed E-state index contributed by atoms with van der Waals surface area (Å²) in [5.41, 5.74) is 5.79. The molecule has 5 nitrogen and oxygen atoms in total. The molecule has 1 aromatic rings. The Morgan fingerprint density at radius 2 is 1.95 bits per heavy atom. The van der Waals surface area contributed by atoms with E-state index in [1.807, 2.05) is 0 Å². The number of hydrogen-bond acceptors (Lipinski definition) is 5. The average molecular weight is 285 g/mol. The number of rotatable bonds is 5. The first-order valence-electron chi connectivity index (χ1n) is 6.16. The van der Waals surface area contributed by atoms with Crippen molar-refractivity contribution >= 4 is 9.84 Å². The Balaban J connectivity index is 2.34. The molecule has 19 heavy (non-hydrogen) atoms. The summed E-state index contributed by atoms with van der Waals surface area (Å²) < 4.78 is 29.1. The largest absolute Gasteiger partial charge is 0.497 e. The first-order chi connectivity index (χ1) is 8.90. The number of ether oxygens (including phenoxy) is 1. The van der Waals surface area contributed by atoms with Gasteiger partial charge < -0.3 is 15.6 Å². The summed E-state index contributed by atoms with van der Waals surface area (Å²) in [6.07, 6.45) is 0. The summed E-state index contributed by atoms with van der Waals surface area (Å²) in [6, 6.07) is 7.13.